The molecule has 0 spiro atoms. The fourth-order valence-corrected chi connectivity index (χ4v) is 4.00. The Hall–Kier alpha value is -2.02. The SMILES string of the molecule is Cc1nc(C)c(CC(=O)NCCc2nc3c(s2)CCC3)c(=O)[nH]1. The van der Waals surface area contributed by atoms with E-state index in [0.29, 0.717) is 23.6 Å². The first-order valence-electron chi connectivity index (χ1n) is 7.83. The van der Waals surface area contributed by atoms with E-state index in [0.717, 1.165) is 24.3 Å². The quantitative estimate of drug-likeness (QED) is 0.862. The molecule has 2 heterocycles. The van der Waals surface area contributed by atoms with Crippen molar-refractivity contribution in [1.29, 1.82) is 0 Å². The third-order valence-electron chi connectivity index (χ3n) is 3.98. The molecule has 0 unspecified atom stereocenters. The average Bonchev–Trinajstić information content (AvgIpc) is 3.04. The number of H-pyrrole nitrogens is 1. The first-order valence-corrected chi connectivity index (χ1v) is 8.65. The van der Waals surface area contributed by atoms with Crippen molar-refractivity contribution in [2.24, 2.45) is 0 Å². The summed E-state index contributed by atoms with van der Waals surface area (Å²) in [4.78, 5) is 36.8. The van der Waals surface area contributed by atoms with Crippen LogP contribution in [0.2, 0.25) is 0 Å². The molecule has 0 saturated heterocycles. The lowest BCUT2D eigenvalue weighted by molar-refractivity contribution is -0.120. The molecule has 0 aromatic carbocycles. The van der Waals surface area contributed by atoms with Crippen LogP contribution in [0.3, 0.4) is 0 Å². The van der Waals surface area contributed by atoms with Gasteiger partial charge in [0.1, 0.15) is 5.82 Å². The highest BCUT2D eigenvalue weighted by Gasteiger charge is 2.16. The van der Waals surface area contributed by atoms with Gasteiger partial charge in [-0.3, -0.25) is 9.59 Å². The molecule has 0 radical (unpaired) electrons. The number of nitrogens with zero attached hydrogens (tertiary/aromatic N) is 2. The fourth-order valence-electron chi connectivity index (χ4n) is 2.84. The molecule has 0 atom stereocenters. The van der Waals surface area contributed by atoms with Crippen molar-refractivity contribution in [3.05, 3.63) is 43.0 Å². The zero-order valence-corrected chi connectivity index (χ0v) is 14.2. The van der Waals surface area contributed by atoms with Gasteiger partial charge in [0.2, 0.25) is 5.91 Å². The second-order valence-corrected chi connectivity index (χ2v) is 6.99. The van der Waals surface area contributed by atoms with E-state index in [2.05, 4.69) is 20.3 Å². The monoisotopic (exact) mass is 332 g/mol. The fraction of sp³-hybridized carbons (Fsp3) is 0.500. The van der Waals surface area contributed by atoms with Crippen LogP contribution in [0.1, 0.15) is 39.1 Å². The molecule has 23 heavy (non-hydrogen) atoms. The van der Waals surface area contributed by atoms with Crippen LogP contribution in [0.25, 0.3) is 0 Å². The van der Waals surface area contributed by atoms with Gasteiger partial charge < -0.3 is 10.3 Å². The summed E-state index contributed by atoms with van der Waals surface area (Å²) in [6.45, 7) is 4.02. The molecule has 7 heteroatoms. The maximum Gasteiger partial charge on any atom is 0.254 e. The van der Waals surface area contributed by atoms with E-state index in [1.165, 1.54) is 17.0 Å². The molecule has 2 aromatic rings. The summed E-state index contributed by atoms with van der Waals surface area (Å²) in [7, 11) is 0. The van der Waals surface area contributed by atoms with Crippen LogP contribution in [0, 0.1) is 13.8 Å². The van der Waals surface area contributed by atoms with Gasteiger partial charge >= 0.3 is 0 Å². The normalized spacial score (nSPS) is 13.1. The highest BCUT2D eigenvalue weighted by Crippen LogP contribution is 2.27. The Bertz CT molecular complexity index is 772. The number of hydrogen-bond donors (Lipinski definition) is 2. The predicted molar refractivity (Wildman–Crippen MR) is 88.9 cm³/mol. The largest absolute Gasteiger partial charge is 0.355 e. The molecule has 0 saturated carbocycles. The minimum absolute atomic E-state index is 0.0583. The van der Waals surface area contributed by atoms with Gasteiger partial charge in [-0.05, 0) is 33.1 Å². The van der Waals surface area contributed by atoms with E-state index in [9.17, 15) is 9.59 Å². The molecule has 3 rings (SSSR count). The lowest BCUT2D eigenvalue weighted by Crippen LogP contribution is -2.30. The zero-order valence-electron chi connectivity index (χ0n) is 13.4. The minimum atomic E-state index is -0.235. The summed E-state index contributed by atoms with van der Waals surface area (Å²) in [5, 5.41) is 3.94. The van der Waals surface area contributed by atoms with Gasteiger partial charge in [0.05, 0.1) is 17.1 Å². The van der Waals surface area contributed by atoms with Gasteiger partial charge in [-0.2, -0.15) is 0 Å². The van der Waals surface area contributed by atoms with Gasteiger partial charge in [-0.15, -0.1) is 11.3 Å². The second-order valence-electron chi connectivity index (χ2n) is 5.82. The smallest absolute Gasteiger partial charge is 0.254 e. The Kier molecular flexibility index (Phi) is 4.56. The summed E-state index contributed by atoms with van der Waals surface area (Å²) < 4.78 is 0. The van der Waals surface area contributed by atoms with E-state index in [-0.39, 0.29) is 17.9 Å². The van der Waals surface area contributed by atoms with E-state index in [1.807, 2.05) is 0 Å². The van der Waals surface area contributed by atoms with Crippen molar-refractivity contribution < 1.29 is 4.79 Å². The molecule has 2 aromatic heterocycles. The third-order valence-corrected chi connectivity index (χ3v) is 5.20. The van der Waals surface area contributed by atoms with E-state index in [4.69, 9.17) is 0 Å². The molecule has 1 aliphatic carbocycles. The molecular weight excluding hydrogens is 312 g/mol. The highest BCUT2D eigenvalue weighted by atomic mass is 32.1. The second kappa shape index (κ2) is 6.62. The van der Waals surface area contributed by atoms with Gasteiger partial charge in [-0.25, -0.2) is 9.97 Å². The van der Waals surface area contributed by atoms with Crippen LogP contribution in [-0.4, -0.2) is 27.4 Å². The van der Waals surface area contributed by atoms with Gasteiger partial charge in [0.25, 0.3) is 5.56 Å². The van der Waals surface area contributed by atoms with Crippen molar-refractivity contribution in [2.75, 3.05) is 6.54 Å². The van der Waals surface area contributed by atoms with Crippen LogP contribution in [0.4, 0.5) is 0 Å². The third kappa shape index (κ3) is 3.67. The van der Waals surface area contributed by atoms with Crippen molar-refractivity contribution >= 4 is 17.2 Å². The maximum absolute atomic E-state index is 12.0. The number of rotatable bonds is 5. The van der Waals surface area contributed by atoms with Crippen molar-refractivity contribution in [1.82, 2.24) is 20.3 Å². The van der Waals surface area contributed by atoms with Crippen molar-refractivity contribution in [3.8, 4) is 0 Å². The summed E-state index contributed by atoms with van der Waals surface area (Å²) in [6.07, 6.45) is 4.24. The summed E-state index contributed by atoms with van der Waals surface area (Å²) >= 11 is 1.76. The zero-order chi connectivity index (χ0) is 16.4. The van der Waals surface area contributed by atoms with Crippen molar-refractivity contribution in [2.45, 2.75) is 46.0 Å². The van der Waals surface area contributed by atoms with Crippen LogP contribution in [0.15, 0.2) is 4.79 Å². The Morgan fingerprint density at radius 2 is 2.13 bits per heavy atom. The number of nitrogens with one attached hydrogen (secondary N) is 2. The lowest BCUT2D eigenvalue weighted by Gasteiger charge is -2.06. The average molecular weight is 332 g/mol. The highest BCUT2D eigenvalue weighted by molar-refractivity contribution is 7.11. The van der Waals surface area contributed by atoms with Gasteiger partial charge in [0.15, 0.2) is 0 Å². The Balaban J connectivity index is 1.52. The van der Waals surface area contributed by atoms with E-state index in [1.54, 1.807) is 25.2 Å². The van der Waals surface area contributed by atoms with Crippen molar-refractivity contribution in [3.63, 3.8) is 0 Å². The molecule has 1 aliphatic rings. The van der Waals surface area contributed by atoms with Gasteiger partial charge in [-0.1, -0.05) is 0 Å². The number of aromatic amines is 1. The molecule has 122 valence electrons. The topological polar surface area (TPSA) is 87.7 Å². The van der Waals surface area contributed by atoms with Crippen LogP contribution >= 0.6 is 11.3 Å². The molecule has 6 nitrogen and oxygen atoms in total. The van der Waals surface area contributed by atoms with Crippen LogP contribution in [-0.2, 0) is 30.5 Å². The number of amides is 1. The maximum atomic E-state index is 12.0. The number of carbonyl (C=O) groups is 1. The number of fused-ring (bicyclic) bond motifs is 1. The first kappa shape index (κ1) is 15.9. The Morgan fingerprint density at radius 3 is 2.87 bits per heavy atom. The summed E-state index contributed by atoms with van der Waals surface area (Å²) in [5.41, 5.74) is 2.05. The minimum Gasteiger partial charge on any atom is -0.355 e. The number of thiazole rings is 1. The molecule has 2 N–H and O–H groups in total. The Labute approximate surface area is 138 Å². The van der Waals surface area contributed by atoms with Gasteiger partial charge in [0, 0.05) is 29.1 Å². The standard InChI is InChI=1S/C16H20N4O2S/c1-9-11(16(22)19-10(2)18-9)8-14(21)17-7-6-15-20-12-4-3-5-13(12)23-15/h3-8H2,1-2H3,(H,17,21)(H,18,19,22). The molecule has 0 fully saturated rings. The van der Waals surface area contributed by atoms with E-state index < -0.39 is 0 Å². The summed E-state index contributed by atoms with van der Waals surface area (Å²) in [5.74, 6) is 0.404. The molecule has 0 bridgehead atoms. The number of aryl methyl sites for hydroxylation is 4. The lowest BCUT2D eigenvalue weighted by atomic mass is 10.1. The molecule has 1 amide bonds. The first-order chi connectivity index (χ1) is 11.0. The molecule has 0 aliphatic heterocycles. The summed E-state index contributed by atoms with van der Waals surface area (Å²) in [6, 6.07) is 0. The predicted octanol–water partition coefficient (Wildman–Crippen LogP) is 1.23. The number of hydrogen-bond acceptors (Lipinski definition) is 5. The molecular formula is C16H20N4O2S. The number of aromatic nitrogens is 3. The van der Waals surface area contributed by atoms with E-state index >= 15 is 0 Å². The van der Waals surface area contributed by atoms with Crippen LogP contribution in [0.5, 0.6) is 0 Å². The van der Waals surface area contributed by atoms with Crippen LogP contribution < -0.4 is 10.9 Å². The Morgan fingerprint density at radius 1 is 1.30 bits per heavy atom. The number of carbonyl (C=O) groups excluding carboxylic acids is 1.